The summed E-state index contributed by atoms with van der Waals surface area (Å²) in [5.74, 6) is -2.83. The lowest BCUT2D eigenvalue weighted by molar-refractivity contribution is -0.384. The van der Waals surface area contributed by atoms with Crippen molar-refractivity contribution in [1.29, 1.82) is 0 Å². The summed E-state index contributed by atoms with van der Waals surface area (Å²) in [6.07, 6.45) is 1.47. The van der Waals surface area contributed by atoms with E-state index in [0.29, 0.717) is 12.8 Å². The van der Waals surface area contributed by atoms with Gasteiger partial charge in [0.15, 0.2) is 0 Å². The van der Waals surface area contributed by atoms with Gasteiger partial charge in [0, 0.05) is 25.7 Å². The Morgan fingerprint density at radius 3 is 2.42 bits per heavy atom. The number of hydrogen-bond acceptors (Lipinski definition) is 11. The Balaban J connectivity index is 1.53. The van der Waals surface area contributed by atoms with E-state index in [1.807, 2.05) is 30.3 Å². The molecule has 3 rings (SSSR count). The average molecular weight is 627 g/mol. The molecule has 15 heteroatoms. The molecule has 0 saturated carbocycles. The van der Waals surface area contributed by atoms with Crippen molar-refractivity contribution in [3.63, 3.8) is 0 Å². The fourth-order valence-corrected chi connectivity index (χ4v) is 4.77. The van der Waals surface area contributed by atoms with E-state index in [4.69, 9.17) is 20.9 Å². The molecule has 0 aromatic heterocycles. The number of nitro benzene ring substituents is 1. The second-order valence-corrected chi connectivity index (χ2v) is 10.6. The van der Waals surface area contributed by atoms with E-state index in [0.717, 1.165) is 10.5 Å². The van der Waals surface area contributed by atoms with Crippen LogP contribution in [0.25, 0.3) is 0 Å². The van der Waals surface area contributed by atoms with Gasteiger partial charge in [0.2, 0.25) is 17.7 Å². The van der Waals surface area contributed by atoms with Crippen molar-refractivity contribution >= 4 is 35.3 Å². The molecule has 2 aromatic carbocycles. The Bertz CT molecular complexity index is 1360. The number of amides is 3. The molecule has 1 unspecified atom stereocenters. The molecule has 3 amide bonds. The Labute approximate surface area is 259 Å². The highest BCUT2D eigenvalue weighted by Gasteiger charge is 2.37. The topological polar surface area (TPSA) is 218 Å². The third-order valence-corrected chi connectivity index (χ3v) is 7.21. The fraction of sp³-hybridized carbons (Fsp3) is 0.433. The number of esters is 2. The number of likely N-dealkylation sites (tertiary alicyclic amines) is 1. The van der Waals surface area contributed by atoms with Gasteiger partial charge in [-0.2, -0.15) is 0 Å². The lowest BCUT2D eigenvalue weighted by Gasteiger charge is -2.28. The molecule has 1 heterocycles. The molecule has 3 atom stereocenters. The largest absolute Gasteiger partial charge is 0.460 e. The third kappa shape index (κ3) is 10.4. The van der Waals surface area contributed by atoms with E-state index in [-0.39, 0.29) is 56.9 Å². The highest BCUT2D eigenvalue weighted by molar-refractivity contribution is 5.92. The van der Waals surface area contributed by atoms with Gasteiger partial charge in [-0.15, -0.1) is 0 Å². The molecule has 0 aliphatic carbocycles. The van der Waals surface area contributed by atoms with Crippen molar-refractivity contribution in [2.75, 3.05) is 26.7 Å². The highest BCUT2D eigenvalue weighted by atomic mass is 16.6. The van der Waals surface area contributed by atoms with Crippen molar-refractivity contribution in [2.45, 2.75) is 56.8 Å². The van der Waals surface area contributed by atoms with E-state index >= 15 is 0 Å². The van der Waals surface area contributed by atoms with E-state index in [1.165, 1.54) is 36.2 Å². The number of nitrogens with two attached hydrogens (primary N) is 2. The zero-order valence-electron chi connectivity index (χ0n) is 25.0. The lowest BCUT2D eigenvalue weighted by Crippen LogP contribution is -2.52. The summed E-state index contributed by atoms with van der Waals surface area (Å²) in [6, 6.07) is 11.2. The van der Waals surface area contributed by atoms with Crippen LogP contribution in [0.1, 0.15) is 37.7 Å². The molecule has 2 aromatic rings. The van der Waals surface area contributed by atoms with Gasteiger partial charge in [-0.05, 0) is 49.8 Å². The van der Waals surface area contributed by atoms with E-state index in [1.54, 1.807) is 0 Å². The normalized spacial score (nSPS) is 15.4. The predicted molar refractivity (Wildman–Crippen MR) is 160 cm³/mol. The molecule has 0 radical (unpaired) electrons. The van der Waals surface area contributed by atoms with Crippen LogP contribution >= 0.6 is 0 Å². The highest BCUT2D eigenvalue weighted by Crippen LogP contribution is 2.22. The summed E-state index contributed by atoms with van der Waals surface area (Å²) >= 11 is 0. The van der Waals surface area contributed by atoms with Crippen LogP contribution in [0.15, 0.2) is 54.6 Å². The Morgan fingerprint density at radius 1 is 1.09 bits per heavy atom. The maximum atomic E-state index is 13.3. The Hall–Kier alpha value is -4.89. The zero-order valence-corrected chi connectivity index (χ0v) is 25.0. The first-order valence-electron chi connectivity index (χ1n) is 14.5. The van der Waals surface area contributed by atoms with Crippen LogP contribution in [0.3, 0.4) is 0 Å². The minimum Gasteiger partial charge on any atom is -0.460 e. The standard InChI is InChI=1S/C30H38N6O9/c1-34(18-27(38)35-16-6-11-25(35)30(41)45-22-14-12-21(13-15-22)36(42)43)28(39)24(33-26(37)17-31)10-5-9-23(32)29(40)44-19-20-7-3-2-4-8-20/h2-4,7-8,12-15,23-25H,5-6,9-11,16-19,31-32H2,1H3,(H,33,37)/t23?,24-,25-/m0/s1. The molecule has 45 heavy (non-hydrogen) atoms. The quantitative estimate of drug-likeness (QED) is 0.108. The molecule has 1 aliphatic heterocycles. The minimum absolute atomic E-state index is 0.0759. The number of ether oxygens (including phenoxy) is 2. The molecule has 242 valence electrons. The summed E-state index contributed by atoms with van der Waals surface area (Å²) < 4.78 is 10.6. The molecule has 15 nitrogen and oxygen atoms in total. The number of nitrogens with zero attached hydrogens (tertiary/aromatic N) is 3. The van der Waals surface area contributed by atoms with E-state index < -0.39 is 52.7 Å². The summed E-state index contributed by atoms with van der Waals surface area (Å²) in [5, 5.41) is 13.4. The van der Waals surface area contributed by atoms with E-state index in [9.17, 15) is 34.1 Å². The summed E-state index contributed by atoms with van der Waals surface area (Å²) in [6.45, 7) is -0.385. The van der Waals surface area contributed by atoms with Crippen LogP contribution in [-0.2, 0) is 35.3 Å². The van der Waals surface area contributed by atoms with Crippen molar-refractivity contribution in [1.82, 2.24) is 15.1 Å². The van der Waals surface area contributed by atoms with Crippen LogP contribution in [0.5, 0.6) is 5.75 Å². The number of non-ortho nitro benzene ring substituents is 1. The minimum atomic E-state index is -1.03. The number of nitrogens with one attached hydrogen (secondary N) is 1. The smallest absolute Gasteiger partial charge is 0.334 e. The maximum absolute atomic E-state index is 13.3. The van der Waals surface area contributed by atoms with Crippen LogP contribution in [0.2, 0.25) is 0 Å². The Morgan fingerprint density at radius 2 is 1.78 bits per heavy atom. The van der Waals surface area contributed by atoms with Gasteiger partial charge in [0.25, 0.3) is 5.69 Å². The van der Waals surface area contributed by atoms with Crippen molar-refractivity contribution in [2.24, 2.45) is 11.5 Å². The first kappa shape index (κ1) is 34.6. The number of benzene rings is 2. The van der Waals surface area contributed by atoms with Crippen LogP contribution in [0, 0.1) is 10.1 Å². The van der Waals surface area contributed by atoms with Crippen molar-refractivity contribution < 1.29 is 38.4 Å². The number of hydrogen-bond donors (Lipinski definition) is 3. The summed E-state index contributed by atoms with van der Waals surface area (Å²) in [5.41, 5.74) is 12.1. The van der Waals surface area contributed by atoms with Gasteiger partial charge in [-0.25, -0.2) is 4.79 Å². The number of rotatable bonds is 15. The first-order chi connectivity index (χ1) is 21.5. The van der Waals surface area contributed by atoms with Crippen molar-refractivity contribution in [3.8, 4) is 5.75 Å². The van der Waals surface area contributed by atoms with Crippen LogP contribution < -0.4 is 21.5 Å². The van der Waals surface area contributed by atoms with Crippen LogP contribution in [-0.4, -0.2) is 89.2 Å². The number of nitro groups is 1. The number of carbonyl (C=O) groups is 5. The molecule has 1 saturated heterocycles. The molecule has 5 N–H and O–H groups in total. The third-order valence-electron chi connectivity index (χ3n) is 7.21. The molecule has 0 bridgehead atoms. The monoisotopic (exact) mass is 626 g/mol. The van der Waals surface area contributed by atoms with Gasteiger partial charge in [-0.3, -0.25) is 29.3 Å². The molecular formula is C30H38N6O9. The molecule has 1 fully saturated rings. The zero-order chi connectivity index (χ0) is 32.9. The number of carbonyl (C=O) groups excluding carboxylic acids is 5. The van der Waals surface area contributed by atoms with Crippen molar-refractivity contribution in [3.05, 3.63) is 70.3 Å². The predicted octanol–water partition coefficient (Wildman–Crippen LogP) is 0.634. The summed E-state index contributed by atoms with van der Waals surface area (Å²) in [7, 11) is 1.40. The second-order valence-electron chi connectivity index (χ2n) is 10.6. The van der Waals surface area contributed by atoms with Crippen LogP contribution in [0.4, 0.5) is 5.69 Å². The number of likely N-dealkylation sites (N-methyl/N-ethyl adjacent to an activating group) is 1. The van der Waals surface area contributed by atoms with Gasteiger partial charge in [-0.1, -0.05) is 30.3 Å². The first-order valence-corrected chi connectivity index (χ1v) is 14.5. The van der Waals surface area contributed by atoms with E-state index in [2.05, 4.69) is 5.32 Å². The average Bonchev–Trinajstić information content (AvgIpc) is 3.54. The maximum Gasteiger partial charge on any atom is 0.334 e. The van der Waals surface area contributed by atoms with Gasteiger partial charge >= 0.3 is 11.9 Å². The fourth-order valence-electron chi connectivity index (χ4n) is 4.77. The molecular weight excluding hydrogens is 588 g/mol. The van der Waals surface area contributed by atoms with Gasteiger partial charge in [0.1, 0.15) is 30.5 Å². The lowest BCUT2D eigenvalue weighted by atomic mass is 10.0. The van der Waals surface area contributed by atoms with Gasteiger partial charge < -0.3 is 36.1 Å². The SMILES string of the molecule is CN(CC(=O)N1CCC[C@H]1C(=O)Oc1ccc([N+](=O)[O-])cc1)C(=O)[C@H](CCCC(N)C(=O)OCc1ccccc1)NC(=O)CN. The van der Waals surface area contributed by atoms with Gasteiger partial charge in [0.05, 0.1) is 18.0 Å². The Kier molecular flexibility index (Phi) is 12.9. The molecule has 1 aliphatic rings. The molecule has 0 spiro atoms. The second kappa shape index (κ2) is 16.8. The summed E-state index contributed by atoms with van der Waals surface area (Å²) in [4.78, 5) is 76.4.